The van der Waals surface area contributed by atoms with E-state index in [-0.39, 0.29) is 23.1 Å². The van der Waals surface area contributed by atoms with Gasteiger partial charge in [-0.3, -0.25) is 4.79 Å². The predicted octanol–water partition coefficient (Wildman–Crippen LogP) is 3.64. The first-order chi connectivity index (χ1) is 13.0. The average Bonchev–Trinajstić information content (AvgIpc) is 2.68. The Morgan fingerprint density at radius 3 is 2.26 bits per heavy atom. The number of urea groups is 1. The van der Waals surface area contributed by atoms with Crippen LogP contribution in [0.15, 0.2) is 48.5 Å². The van der Waals surface area contributed by atoms with Crippen molar-refractivity contribution in [3.63, 3.8) is 0 Å². The summed E-state index contributed by atoms with van der Waals surface area (Å²) in [5, 5.41) is 5.21. The number of benzene rings is 2. The van der Waals surface area contributed by atoms with Crippen LogP contribution < -0.4 is 10.6 Å². The van der Waals surface area contributed by atoms with E-state index in [1.165, 1.54) is 24.3 Å². The molecular weight excluding hydrogens is 352 g/mol. The van der Waals surface area contributed by atoms with Crippen LogP contribution >= 0.6 is 0 Å². The van der Waals surface area contributed by atoms with Crippen LogP contribution in [-0.4, -0.2) is 36.5 Å². The molecular formula is C20H21F2N3O2. The van der Waals surface area contributed by atoms with Gasteiger partial charge in [0.2, 0.25) is 0 Å². The summed E-state index contributed by atoms with van der Waals surface area (Å²) in [6, 6.07) is 11.4. The molecule has 0 spiro atoms. The summed E-state index contributed by atoms with van der Waals surface area (Å²) in [5.41, 5.74) is 0.207. The third-order valence-electron chi connectivity index (χ3n) is 4.68. The molecule has 0 aromatic heterocycles. The number of likely N-dealkylation sites (tertiary alicyclic amines) is 1. The summed E-state index contributed by atoms with van der Waals surface area (Å²) < 4.78 is 27.3. The van der Waals surface area contributed by atoms with E-state index >= 15 is 0 Å². The van der Waals surface area contributed by atoms with E-state index in [4.69, 9.17) is 0 Å². The van der Waals surface area contributed by atoms with Gasteiger partial charge in [0.1, 0.15) is 11.6 Å². The highest BCUT2D eigenvalue weighted by molar-refractivity contribution is 5.94. The third kappa shape index (κ3) is 4.81. The first kappa shape index (κ1) is 18.8. The summed E-state index contributed by atoms with van der Waals surface area (Å²) >= 11 is 0. The fourth-order valence-corrected chi connectivity index (χ4v) is 3.11. The van der Waals surface area contributed by atoms with E-state index in [0.717, 1.165) is 0 Å². The van der Waals surface area contributed by atoms with Crippen LogP contribution in [0.5, 0.6) is 0 Å². The van der Waals surface area contributed by atoms with Crippen LogP contribution in [0.1, 0.15) is 23.2 Å². The highest BCUT2D eigenvalue weighted by Gasteiger charge is 2.25. The molecule has 2 N–H and O–H groups in total. The summed E-state index contributed by atoms with van der Waals surface area (Å²) in [5.74, 6) is -1.11. The Morgan fingerprint density at radius 1 is 0.963 bits per heavy atom. The molecule has 3 rings (SSSR count). The second kappa shape index (κ2) is 8.62. The van der Waals surface area contributed by atoms with Gasteiger partial charge >= 0.3 is 6.03 Å². The van der Waals surface area contributed by atoms with E-state index in [0.29, 0.717) is 32.5 Å². The standard InChI is InChI=1S/C20H21F2N3O2/c21-16-6-2-1-5-15(16)19(26)25-11-9-14(10-12-25)13-23-20(27)24-18-8-4-3-7-17(18)22/h1-8,14H,9-13H2,(H2,23,24,27). The third-order valence-corrected chi connectivity index (χ3v) is 4.68. The fourth-order valence-electron chi connectivity index (χ4n) is 3.11. The topological polar surface area (TPSA) is 61.4 Å². The smallest absolute Gasteiger partial charge is 0.319 e. The number of para-hydroxylation sites is 1. The van der Waals surface area contributed by atoms with Gasteiger partial charge < -0.3 is 15.5 Å². The van der Waals surface area contributed by atoms with Gasteiger partial charge in [-0.2, -0.15) is 0 Å². The van der Waals surface area contributed by atoms with Crippen molar-refractivity contribution < 1.29 is 18.4 Å². The highest BCUT2D eigenvalue weighted by Crippen LogP contribution is 2.20. The van der Waals surface area contributed by atoms with E-state index in [1.54, 1.807) is 29.2 Å². The van der Waals surface area contributed by atoms with Crippen LogP contribution in [0, 0.1) is 17.6 Å². The highest BCUT2D eigenvalue weighted by atomic mass is 19.1. The van der Waals surface area contributed by atoms with Crippen molar-refractivity contribution in [1.82, 2.24) is 10.2 Å². The maximum Gasteiger partial charge on any atom is 0.319 e. The van der Waals surface area contributed by atoms with Gasteiger partial charge in [-0.05, 0) is 43.0 Å². The predicted molar refractivity (Wildman–Crippen MR) is 98.4 cm³/mol. The van der Waals surface area contributed by atoms with Crippen molar-refractivity contribution in [2.75, 3.05) is 25.0 Å². The Kier molecular flexibility index (Phi) is 6.01. The lowest BCUT2D eigenvalue weighted by molar-refractivity contribution is 0.0686. The van der Waals surface area contributed by atoms with Gasteiger partial charge in [0.25, 0.3) is 5.91 Å². The normalized spacial score (nSPS) is 14.7. The lowest BCUT2D eigenvalue weighted by Gasteiger charge is -2.32. The van der Waals surface area contributed by atoms with Gasteiger partial charge in [0, 0.05) is 19.6 Å². The number of piperidine rings is 1. The number of hydrogen-bond acceptors (Lipinski definition) is 2. The molecule has 1 aliphatic rings. The second-order valence-electron chi connectivity index (χ2n) is 6.53. The lowest BCUT2D eigenvalue weighted by atomic mass is 9.96. The van der Waals surface area contributed by atoms with Crippen molar-refractivity contribution in [3.05, 3.63) is 65.7 Å². The van der Waals surface area contributed by atoms with Gasteiger partial charge in [-0.15, -0.1) is 0 Å². The molecule has 1 saturated heterocycles. The van der Waals surface area contributed by atoms with Crippen LogP contribution in [0.2, 0.25) is 0 Å². The van der Waals surface area contributed by atoms with Crippen molar-refractivity contribution in [2.45, 2.75) is 12.8 Å². The van der Waals surface area contributed by atoms with Crippen molar-refractivity contribution >= 4 is 17.6 Å². The Hall–Kier alpha value is -2.96. The Balaban J connectivity index is 1.44. The second-order valence-corrected chi connectivity index (χ2v) is 6.53. The summed E-state index contributed by atoms with van der Waals surface area (Å²) in [4.78, 5) is 25.9. The Bertz CT molecular complexity index is 820. The molecule has 1 aliphatic heterocycles. The number of hydrogen-bond donors (Lipinski definition) is 2. The molecule has 1 heterocycles. The number of carbonyl (C=O) groups excluding carboxylic acids is 2. The molecule has 5 nitrogen and oxygen atoms in total. The maximum atomic E-state index is 13.8. The molecule has 2 aromatic carbocycles. The van der Waals surface area contributed by atoms with E-state index in [9.17, 15) is 18.4 Å². The number of carbonyl (C=O) groups is 2. The minimum atomic E-state index is -0.517. The largest absolute Gasteiger partial charge is 0.339 e. The molecule has 0 aliphatic carbocycles. The molecule has 0 unspecified atom stereocenters. The average molecular weight is 373 g/mol. The monoisotopic (exact) mass is 373 g/mol. The molecule has 142 valence electrons. The molecule has 7 heteroatoms. The molecule has 1 fully saturated rings. The first-order valence-corrected chi connectivity index (χ1v) is 8.88. The molecule has 0 saturated carbocycles. The first-order valence-electron chi connectivity index (χ1n) is 8.88. The van der Waals surface area contributed by atoms with Crippen LogP contribution in [0.25, 0.3) is 0 Å². The SMILES string of the molecule is O=C(NCC1CCN(C(=O)c2ccccc2F)CC1)Nc1ccccc1F. The maximum absolute atomic E-state index is 13.8. The lowest BCUT2D eigenvalue weighted by Crippen LogP contribution is -2.42. The van der Waals surface area contributed by atoms with Crippen molar-refractivity contribution in [3.8, 4) is 0 Å². The molecule has 3 amide bonds. The Morgan fingerprint density at radius 2 is 1.59 bits per heavy atom. The molecule has 0 bridgehead atoms. The van der Waals surface area contributed by atoms with Crippen LogP contribution in [-0.2, 0) is 0 Å². The molecule has 2 aromatic rings. The number of amides is 3. The minimum absolute atomic E-state index is 0.0818. The fraction of sp³-hybridized carbons (Fsp3) is 0.300. The Labute approximate surface area is 156 Å². The summed E-state index contributed by atoms with van der Waals surface area (Å²) in [6.45, 7) is 1.45. The summed E-state index contributed by atoms with van der Waals surface area (Å²) in [7, 11) is 0. The van der Waals surface area contributed by atoms with Gasteiger partial charge in [-0.25, -0.2) is 13.6 Å². The number of halogens is 2. The van der Waals surface area contributed by atoms with E-state index in [1.807, 2.05) is 0 Å². The van der Waals surface area contributed by atoms with Crippen LogP contribution in [0.3, 0.4) is 0 Å². The number of anilines is 1. The van der Waals surface area contributed by atoms with Gasteiger partial charge in [-0.1, -0.05) is 24.3 Å². The number of nitrogens with zero attached hydrogens (tertiary/aromatic N) is 1. The van der Waals surface area contributed by atoms with Gasteiger partial charge in [0.05, 0.1) is 11.3 Å². The van der Waals surface area contributed by atoms with Gasteiger partial charge in [0.15, 0.2) is 0 Å². The van der Waals surface area contributed by atoms with E-state index in [2.05, 4.69) is 10.6 Å². The quantitative estimate of drug-likeness (QED) is 0.860. The number of nitrogens with one attached hydrogen (secondary N) is 2. The zero-order valence-electron chi connectivity index (χ0n) is 14.8. The molecule has 27 heavy (non-hydrogen) atoms. The van der Waals surface area contributed by atoms with E-state index < -0.39 is 17.7 Å². The zero-order valence-corrected chi connectivity index (χ0v) is 14.8. The zero-order chi connectivity index (χ0) is 19.2. The summed E-state index contributed by atoms with van der Waals surface area (Å²) in [6.07, 6.45) is 1.42. The molecule has 0 atom stereocenters. The minimum Gasteiger partial charge on any atom is -0.339 e. The van der Waals surface area contributed by atoms with Crippen molar-refractivity contribution in [1.29, 1.82) is 0 Å². The van der Waals surface area contributed by atoms with Crippen LogP contribution in [0.4, 0.5) is 19.3 Å². The molecule has 0 radical (unpaired) electrons. The number of rotatable bonds is 4. The van der Waals surface area contributed by atoms with Crippen molar-refractivity contribution in [2.24, 2.45) is 5.92 Å².